The van der Waals surface area contributed by atoms with Crippen molar-refractivity contribution in [2.24, 2.45) is 0 Å². The summed E-state index contributed by atoms with van der Waals surface area (Å²) in [5, 5.41) is 11.8. The minimum absolute atomic E-state index is 0.399. The number of aryl methyl sites for hydroxylation is 1. The van der Waals surface area contributed by atoms with Crippen LogP contribution in [0, 0.1) is 0 Å². The van der Waals surface area contributed by atoms with Crippen molar-refractivity contribution in [2.75, 3.05) is 0 Å². The summed E-state index contributed by atoms with van der Waals surface area (Å²) >= 11 is 0. The molecule has 5 heteroatoms. The molecule has 5 nitrogen and oxygen atoms in total. The van der Waals surface area contributed by atoms with Gasteiger partial charge >= 0.3 is 0 Å². The minimum Gasteiger partial charge on any atom is -0.469 e. The number of rotatable bonds is 6. The zero-order valence-corrected chi connectivity index (χ0v) is 11.5. The lowest BCUT2D eigenvalue weighted by molar-refractivity contribution is 0.456. The van der Waals surface area contributed by atoms with Gasteiger partial charge in [0.25, 0.3) is 0 Å². The first-order chi connectivity index (χ1) is 9.83. The summed E-state index contributed by atoms with van der Waals surface area (Å²) in [4.78, 5) is 0. The Morgan fingerprint density at radius 1 is 1.25 bits per heavy atom. The average molecular weight is 270 g/mol. The van der Waals surface area contributed by atoms with E-state index in [4.69, 9.17) is 4.42 Å². The first-order valence-corrected chi connectivity index (χ1v) is 6.87. The van der Waals surface area contributed by atoms with Crippen molar-refractivity contribution in [1.82, 2.24) is 19.9 Å². The fraction of sp³-hybridized carbons (Fsp3) is 0.333. The second kappa shape index (κ2) is 5.88. The van der Waals surface area contributed by atoms with Crippen LogP contribution >= 0.6 is 0 Å². The predicted molar refractivity (Wildman–Crippen MR) is 76.3 cm³/mol. The third-order valence-electron chi connectivity index (χ3n) is 3.40. The van der Waals surface area contributed by atoms with E-state index in [9.17, 15) is 0 Å². The van der Waals surface area contributed by atoms with Gasteiger partial charge < -0.3 is 9.73 Å². The molecule has 0 fully saturated rings. The topological polar surface area (TPSA) is 55.4 Å². The molecule has 0 saturated heterocycles. The molecular formula is C15H18N4O. The van der Waals surface area contributed by atoms with Crippen molar-refractivity contribution in [3.63, 3.8) is 0 Å². The molecule has 0 saturated carbocycles. The Bertz CT molecular complexity index is 659. The Balaban J connectivity index is 1.53. The van der Waals surface area contributed by atoms with Crippen LogP contribution in [0.5, 0.6) is 0 Å². The Morgan fingerprint density at radius 2 is 2.20 bits per heavy atom. The average Bonchev–Trinajstić information content (AvgIpc) is 3.12. The van der Waals surface area contributed by atoms with Crippen LogP contribution < -0.4 is 5.32 Å². The number of pyridine rings is 1. The predicted octanol–water partition coefficient (Wildman–Crippen LogP) is 2.43. The maximum atomic E-state index is 5.34. The maximum Gasteiger partial charge on any atom is 0.160 e. The lowest BCUT2D eigenvalue weighted by atomic mass is 10.1. The van der Waals surface area contributed by atoms with Gasteiger partial charge in [-0.25, -0.2) is 0 Å². The van der Waals surface area contributed by atoms with Gasteiger partial charge in [-0.2, -0.15) is 0 Å². The van der Waals surface area contributed by atoms with Gasteiger partial charge in [0.05, 0.1) is 12.8 Å². The van der Waals surface area contributed by atoms with Gasteiger partial charge in [-0.1, -0.05) is 6.07 Å². The summed E-state index contributed by atoms with van der Waals surface area (Å²) in [6.07, 6.45) is 5.68. The Kier molecular flexibility index (Phi) is 3.78. The van der Waals surface area contributed by atoms with E-state index < -0.39 is 0 Å². The molecule has 0 bridgehead atoms. The van der Waals surface area contributed by atoms with E-state index in [1.807, 2.05) is 40.9 Å². The number of furan rings is 1. The Labute approximate surface area is 117 Å². The molecule has 1 atom stereocenters. The molecule has 3 aromatic rings. The highest BCUT2D eigenvalue weighted by Gasteiger charge is 2.07. The summed E-state index contributed by atoms with van der Waals surface area (Å²) in [5.41, 5.74) is 0.882. The highest BCUT2D eigenvalue weighted by atomic mass is 16.3. The van der Waals surface area contributed by atoms with Crippen LogP contribution in [0.4, 0.5) is 0 Å². The van der Waals surface area contributed by atoms with Gasteiger partial charge in [0, 0.05) is 18.7 Å². The van der Waals surface area contributed by atoms with Crippen molar-refractivity contribution in [1.29, 1.82) is 0 Å². The summed E-state index contributed by atoms with van der Waals surface area (Å²) in [7, 11) is 0. The van der Waals surface area contributed by atoms with Crippen LogP contribution in [0.25, 0.3) is 5.65 Å². The zero-order valence-electron chi connectivity index (χ0n) is 11.5. The molecule has 0 aliphatic carbocycles. The van der Waals surface area contributed by atoms with Gasteiger partial charge in [-0.15, -0.1) is 10.2 Å². The maximum absolute atomic E-state index is 5.34. The fourth-order valence-corrected chi connectivity index (χ4v) is 2.19. The highest BCUT2D eigenvalue weighted by molar-refractivity contribution is 5.36. The molecule has 3 rings (SSSR count). The van der Waals surface area contributed by atoms with E-state index >= 15 is 0 Å². The molecule has 0 spiro atoms. The smallest absolute Gasteiger partial charge is 0.160 e. The highest BCUT2D eigenvalue weighted by Crippen LogP contribution is 2.07. The van der Waals surface area contributed by atoms with E-state index in [-0.39, 0.29) is 0 Å². The van der Waals surface area contributed by atoms with Gasteiger partial charge in [-0.05, 0) is 37.6 Å². The summed E-state index contributed by atoms with van der Waals surface area (Å²) in [6, 6.07) is 10.2. The number of aromatic nitrogens is 3. The molecule has 0 aliphatic rings. The Hall–Kier alpha value is -2.14. The van der Waals surface area contributed by atoms with Crippen LogP contribution in [0.3, 0.4) is 0 Å². The van der Waals surface area contributed by atoms with E-state index in [0.29, 0.717) is 12.6 Å². The SMILES string of the molecule is CC(CCc1ccco1)NCc1nnc2ccccn12. The quantitative estimate of drug-likeness (QED) is 0.747. The number of hydrogen-bond donors (Lipinski definition) is 1. The minimum atomic E-state index is 0.399. The number of nitrogens with one attached hydrogen (secondary N) is 1. The van der Waals surface area contributed by atoms with Crippen molar-refractivity contribution in [2.45, 2.75) is 32.4 Å². The molecule has 0 amide bonds. The second-order valence-electron chi connectivity index (χ2n) is 4.95. The summed E-state index contributed by atoms with van der Waals surface area (Å²) in [5.74, 6) is 1.97. The van der Waals surface area contributed by atoms with Crippen molar-refractivity contribution < 1.29 is 4.42 Å². The van der Waals surface area contributed by atoms with Crippen LogP contribution in [0.1, 0.15) is 24.9 Å². The molecule has 0 aliphatic heterocycles. The largest absolute Gasteiger partial charge is 0.469 e. The van der Waals surface area contributed by atoms with Crippen molar-refractivity contribution in [3.8, 4) is 0 Å². The van der Waals surface area contributed by atoms with E-state index in [2.05, 4.69) is 22.4 Å². The molecule has 1 N–H and O–H groups in total. The van der Waals surface area contributed by atoms with Gasteiger partial charge in [0.1, 0.15) is 5.76 Å². The van der Waals surface area contributed by atoms with Crippen LogP contribution in [0.2, 0.25) is 0 Å². The summed E-state index contributed by atoms with van der Waals surface area (Å²) < 4.78 is 7.34. The van der Waals surface area contributed by atoms with E-state index in [0.717, 1.165) is 30.1 Å². The number of hydrogen-bond acceptors (Lipinski definition) is 4. The van der Waals surface area contributed by atoms with Crippen LogP contribution in [0.15, 0.2) is 47.2 Å². The second-order valence-corrected chi connectivity index (χ2v) is 4.95. The fourth-order valence-electron chi connectivity index (χ4n) is 2.19. The lowest BCUT2D eigenvalue weighted by Gasteiger charge is -2.12. The molecular weight excluding hydrogens is 252 g/mol. The molecule has 3 heterocycles. The first kappa shape index (κ1) is 12.9. The molecule has 104 valence electrons. The van der Waals surface area contributed by atoms with Crippen LogP contribution in [-0.4, -0.2) is 20.6 Å². The van der Waals surface area contributed by atoms with Gasteiger partial charge in [-0.3, -0.25) is 4.40 Å². The monoisotopic (exact) mass is 270 g/mol. The third-order valence-corrected chi connectivity index (χ3v) is 3.40. The van der Waals surface area contributed by atoms with Crippen molar-refractivity contribution >= 4 is 5.65 Å². The van der Waals surface area contributed by atoms with Crippen LogP contribution in [-0.2, 0) is 13.0 Å². The number of fused-ring (bicyclic) bond motifs is 1. The standard InChI is InChI=1S/C15H18N4O/c1-12(7-8-13-5-4-10-20-13)16-11-15-18-17-14-6-2-3-9-19(14)15/h2-6,9-10,12,16H,7-8,11H2,1H3. The molecule has 1 unspecified atom stereocenters. The van der Waals surface area contributed by atoms with Gasteiger partial charge in [0.15, 0.2) is 11.5 Å². The summed E-state index contributed by atoms with van der Waals surface area (Å²) in [6.45, 7) is 2.89. The zero-order chi connectivity index (χ0) is 13.8. The molecule has 0 radical (unpaired) electrons. The van der Waals surface area contributed by atoms with Gasteiger partial charge in [0.2, 0.25) is 0 Å². The lowest BCUT2D eigenvalue weighted by Crippen LogP contribution is -2.26. The molecule has 3 aromatic heterocycles. The number of nitrogens with zero attached hydrogens (tertiary/aromatic N) is 3. The Morgan fingerprint density at radius 3 is 3.05 bits per heavy atom. The van der Waals surface area contributed by atoms with E-state index in [1.165, 1.54) is 0 Å². The normalized spacial score (nSPS) is 12.8. The molecule has 0 aromatic carbocycles. The van der Waals surface area contributed by atoms with E-state index in [1.54, 1.807) is 6.26 Å². The first-order valence-electron chi connectivity index (χ1n) is 6.87. The van der Waals surface area contributed by atoms with Crippen molar-refractivity contribution in [3.05, 3.63) is 54.4 Å². The third kappa shape index (κ3) is 2.88. The molecule has 20 heavy (non-hydrogen) atoms.